The van der Waals surface area contributed by atoms with Gasteiger partial charge in [0.1, 0.15) is 11.8 Å². The highest BCUT2D eigenvalue weighted by atomic mass is 35.5. The Balaban J connectivity index is 1.79. The van der Waals surface area contributed by atoms with E-state index in [1.54, 1.807) is 36.4 Å². The highest BCUT2D eigenvalue weighted by Gasteiger charge is 2.31. The van der Waals surface area contributed by atoms with E-state index in [0.717, 1.165) is 22.3 Å². The van der Waals surface area contributed by atoms with Crippen LogP contribution < -0.4 is 5.32 Å². The molecule has 1 aliphatic heterocycles. The minimum atomic E-state index is -0.628. The van der Waals surface area contributed by atoms with Gasteiger partial charge in [-0.25, -0.2) is 0 Å². The smallest absolute Gasteiger partial charge is 0.227 e. The van der Waals surface area contributed by atoms with Gasteiger partial charge < -0.3 is 14.9 Å². The Hall–Kier alpha value is -3.90. The van der Waals surface area contributed by atoms with E-state index in [4.69, 9.17) is 21.1 Å². The normalized spacial score (nSPS) is 15.3. The summed E-state index contributed by atoms with van der Waals surface area (Å²) >= 11 is 6.09. The summed E-state index contributed by atoms with van der Waals surface area (Å²) in [6.07, 6.45) is 3.47. The Morgan fingerprint density at radius 2 is 1.79 bits per heavy atom. The third-order valence-electron chi connectivity index (χ3n) is 5.35. The van der Waals surface area contributed by atoms with Crippen molar-refractivity contribution in [2.24, 2.45) is 4.99 Å². The van der Waals surface area contributed by atoms with Crippen LogP contribution in [0.5, 0.6) is 5.75 Å². The van der Waals surface area contributed by atoms with Crippen LogP contribution in [0, 0.1) is 6.92 Å². The molecule has 6 nitrogen and oxygen atoms in total. The molecule has 1 aliphatic rings. The van der Waals surface area contributed by atoms with Crippen molar-refractivity contribution in [2.75, 3.05) is 5.32 Å². The summed E-state index contributed by atoms with van der Waals surface area (Å²) in [6.45, 7) is 9.81. The molecule has 0 saturated heterocycles. The second kappa shape index (κ2) is 9.30. The van der Waals surface area contributed by atoms with E-state index in [0.29, 0.717) is 27.9 Å². The van der Waals surface area contributed by atoms with Crippen LogP contribution >= 0.6 is 11.6 Å². The van der Waals surface area contributed by atoms with Crippen LogP contribution in [-0.2, 0) is 4.79 Å². The van der Waals surface area contributed by atoms with Crippen molar-refractivity contribution in [1.29, 1.82) is 0 Å². The summed E-state index contributed by atoms with van der Waals surface area (Å²) in [7, 11) is 0. The van der Waals surface area contributed by atoms with Gasteiger partial charge in [0.05, 0.1) is 23.4 Å². The first kappa shape index (κ1) is 22.3. The number of allylic oxidation sites excluding steroid dienone is 4. The third kappa shape index (κ3) is 4.52. The number of phenols is 1. The Kier molecular flexibility index (Phi) is 6.29. The Morgan fingerprint density at radius 1 is 1.12 bits per heavy atom. The first-order valence-corrected chi connectivity index (χ1v) is 10.7. The molecule has 0 spiro atoms. The predicted octanol–water partition coefficient (Wildman–Crippen LogP) is 6.04. The minimum Gasteiger partial charge on any atom is -0.508 e. The molecule has 0 saturated carbocycles. The van der Waals surface area contributed by atoms with E-state index >= 15 is 0 Å². The molecule has 1 atom stereocenters. The number of hydrogen-bond donors (Lipinski definition) is 2. The van der Waals surface area contributed by atoms with Gasteiger partial charge in [-0.2, -0.15) is 0 Å². The summed E-state index contributed by atoms with van der Waals surface area (Å²) in [5.41, 5.74) is 5.04. The molecule has 166 valence electrons. The van der Waals surface area contributed by atoms with Crippen molar-refractivity contribution < 1.29 is 14.4 Å². The zero-order chi connectivity index (χ0) is 23.5. The Morgan fingerprint density at radius 3 is 2.42 bits per heavy atom. The summed E-state index contributed by atoms with van der Waals surface area (Å²) in [4.78, 5) is 17.8. The molecule has 0 bridgehead atoms. The van der Waals surface area contributed by atoms with Gasteiger partial charge in [0.15, 0.2) is 5.76 Å². The van der Waals surface area contributed by atoms with Crippen LogP contribution in [0.2, 0.25) is 5.02 Å². The molecule has 1 amide bonds. The third-order valence-corrected chi connectivity index (χ3v) is 5.60. The number of benzene rings is 2. The van der Waals surface area contributed by atoms with Crippen molar-refractivity contribution in [3.63, 3.8) is 0 Å². The standard InChI is InChI=1S/C26H22ClN3O3/c1-4-20-21(5-2)25(16-6-8-17(27)9-7-16)29-22(26-24(20)15(3)30-33-26)14-23(32)28-18-10-12-19(31)13-11-18/h4-13,22,31H,1-2,14H2,3H3,(H,28,32)/t22-/m0/s1. The Labute approximate surface area is 196 Å². The van der Waals surface area contributed by atoms with E-state index in [1.165, 1.54) is 12.1 Å². The number of aryl methyl sites for hydroxylation is 1. The SMILES string of the molecule is C=CC1=C(C=C)c2c(C)noc2[C@H](CC(=O)Nc2ccc(O)cc2)N=C1c1ccc(Cl)cc1. The predicted molar refractivity (Wildman–Crippen MR) is 131 cm³/mol. The maximum Gasteiger partial charge on any atom is 0.227 e. The van der Waals surface area contributed by atoms with Crippen molar-refractivity contribution in [2.45, 2.75) is 19.4 Å². The highest BCUT2D eigenvalue weighted by Crippen LogP contribution is 2.39. The maximum atomic E-state index is 12.9. The first-order valence-electron chi connectivity index (χ1n) is 10.3. The number of phenolic OH excluding ortho intramolecular Hbond substituents is 1. The van der Waals surface area contributed by atoms with Gasteiger partial charge in [-0.1, -0.05) is 54.2 Å². The second-order valence-corrected chi connectivity index (χ2v) is 7.98. The number of aromatic hydroxyl groups is 1. The van der Waals surface area contributed by atoms with E-state index in [2.05, 4.69) is 23.6 Å². The molecular weight excluding hydrogens is 438 g/mol. The number of fused-ring (bicyclic) bond motifs is 1. The molecule has 0 aliphatic carbocycles. The summed E-state index contributed by atoms with van der Waals surface area (Å²) in [5.74, 6) is 0.356. The molecule has 33 heavy (non-hydrogen) atoms. The fourth-order valence-electron chi connectivity index (χ4n) is 3.82. The molecule has 2 N–H and O–H groups in total. The van der Waals surface area contributed by atoms with E-state index in [9.17, 15) is 9.90 Å². The number of aliphatic imine (C=N–C) groups is 1. The lowest BCUT2D eigenvalue weighted by atomic mass is 9.93. The van der Waals surface area contributed by atoms with Crippen LogP contribution in [0.25, 0.3) is 5.57 Å². The van der Waals surface area contributed by atoms with Gasteiger partial charge in [-0.05, 0) is 48.9 Å². The quantitative estimate of drug-likeness (QED) is 0.440. The molecule has 2 heterocycles. The monoisotopic (exact) mass is 459 g/mol. The lowest BCUT2D eigenvalue weighted by Crippen LogP contribution is -2.16. The molecule has 0 fully saturated rings. The molecule has 2 aromatic carbocycles. The zero-order valence-corrected chi connectivity index (χ0v) is 18.8. The second-order valence-electron chi connectivity index (χ2n) is 7.54. The number of halogens is 1. The van der Waals surface area contributed by atoms with Crippen LogP contribution in [0.1, 0.15) is 35.0 Å². The minimum absolute atomic E-state index is 0.0223. The van der Waals surface area contributed by atoms with E-state index in [-0.39, 0.29) is 18.1 Å². The van der Waals surface area contributed by atoms with Gasteiger partial charge in [-0.3, -0.25) is 9.79 Å². The average molecular weight is 460 g/mol. The van der Waals surface area contributed by atoms with Crippen LogP contribution in [0.4, 0.5) is 5.69 Å². The molecule has 0 unspecified atom stereocenters. The molecule has 1 aromatic heterocycles. The average Bonchev–Trinajstić information content (AvgIpc) is 3.12. The number of amides is 1. The van der Waals surface area contributed by atoms with Crippen LogP contribution in [-0.4, -0.2) is 21.9 Å². The van der Waals surface area contributed by atoms with Gasteiger partial charge >= 0.3 is 0 Å². The largest absolute Gasteiger partial charge is 0.508 e. The van der Waals surface area contributed by atoms with Gasteiger partial charge in [0.2, 0.25) is 5.91 Å². The van der Waals surface area contributed by atoms with Crippen molar-refractivity contribution in [1.82, 2.24) is 5.16 Å². The number of rotatable bonds is 6. The first-order chi connectivity index (χ1) is 15.9. The van der Waals surface area contributed by atoms with Gasteiger partial charge in [0.25, 0.3) is 0 Å². The topological polar surface area (TPSA) is 87.7 Å². The fourth-order valence-corrected chi connectivity index (χ4v) is 3.94. The molecular formula is C26H22ClN3O3. The van der Waals surface area contributed by atoms with Crippen molar-refractivity contribution in [3.05, 3.63) is 107 Å². The number of nitrogens with one attached hydrogen (secondary N) is 1. The molecule has 3 aromatic rings. The molecule has 0 radical (unpaired) electrons. The number of carbonyl (C=O) groups is 1. The molecule has 7 heteroatoms. The number of aromatic nitrogens is 1. The summed E-state index contributed by atoms with van der Waals surface area (Å²) in [6, 6.07) is 13.0. The van der Waals surface area contributed by atoms with Crippen molar-refractivity contribution >= 4 is 34.5 Å². The number of hydrogen-bond acceptors (Lipinski definition) is 5. The molecule has 4 rings (SSSR count). The summed E-state index contributed by atoms with van der Waals surface area (Å²) < 4.78 is 5.67. The van der Waals surface area contributed by atoms with Gasteiger partial charge in [-0.15, -0.1) is 0 Å². The van der Waals surface area contributed by atoms with Gasteiger partial charge in [0, 0.05) is 21.8 Å². The zero-order valence-electron chi connectivity index (χ0n) is 18.0. The van der Waals surface area contributed by atoms with Crippen LogP contribution in [0.3, 0.4) is 0 Å². The fraction of sp³-hybridized carbons (Fsp3) is 0.115. The van der Waals surface area contributed by atoms with Crippen LogP contribution in [0.15, 0.2) is 88.9 Å². The lowest BCUT2D eigenvalue weighted by molar-refractivity contribution is -0.116. The van der Waals surface area contributed by atoms with Crippen molar-refractivity contribution in [3.8, 4) is 5.75 Å². The maximum absolute atomic E-state index is 12.9. The number of nitrogens with zero attached hydrogens (tertiary/aromatic N) is 2. The number of anilines is 1. The number of carbonyl (C=O) groups excluding carboxylic acids is 1. The lowest BCUT2D eigenvalue weighted by Gasteiger charge is -2.13. The Bertz CT molecular complexity index is 1290. The van der Waals surface area contributed by atoms with E-state index < -0.39 is 6.04 Å². The van der Waals surface area contributed by atoms with E-state index in [1.807, 2.05) is 19.1 Å². The highest BCUT2D eigenvalue weighted by molar-refractivity contribution is 6.30. The summed E-state index contributed by atoms with van der Waals surface area (Å²) in [5, 5.41) is 17.0.